The molecule has 21 heavy (non-hydrogen) atoms. The Morgan fingerprint density at radius 1 is 1.43 bits per heavy atom. The fraction of sp³-hybridized carbons (Fsp3) is 0.733. The first-order valence-corrected chi connectivity index (χ1v) is 7.86. The van der Waals surface area contributed by atoms with Crippen LogP contribution in [-0.2, 0) is 4.74 Å². The zero-order valence-electron chi connectivity index (χ0n) is 12.8. The van der Waals surface area contributed by atoms with E-state index in [0.29, 0.717) is 12.1 Å². The van der Waals surface area contributed by atoms with Crippen LogP contribution >= 0.6 is 0 Å². The number of hydrogen-bond acceptors (Lipinski definition) is 6. The van der Waals surface area contributed by atoms with Crippen molar-refractivity contribution in [1.82, 2.24) is 9.97 Å². The van der Waals surface area contributed by atoms with E-state index in [0.717, 1.165) is 56.3 Å². The maximum Gasteiger partial charge on any atom is 0.204 e. The number of nitrogens with one attached hydrogen (secondary N) is 1. The number of rotatable bonds is 5. The largest absolute Gasteiger partial charge is 0.490 e. The van der Waals surface area contributed by atoms with Gasteiger partial charge in [0.1, 0.15) is 6.33 Å². The van der Waals surface area contributed by atoms with Crippen LogP contribution in [0, 0.1) is 0 Å². The van der Waals surface area contributed by atoms with Gasteiger partial charge in [-0.3, -0.25) is 0 Å². The summed E-state index contributed by atoms with van der Waals surface area (Å²) in [5.74, 6) is 2.43. The van der Waals surface area contributed by atoms with E-state index >= 15 is 0 Å². The number of nitrogens with zero attached hydrogens (tertiary/aromatic N) is 3. The highest BCUT2D eigenvalue weighted by atomic mass is 16.5. The van der Waals surface area contributed by atoms with E-state index in [9.17, 15) is 0 Å². The van der Waals surface area contributed by atoms with Gasteiger partial charge in [0.25, 0.3) is 0 Å². The predicted octanol–water partition coefficient (Wildman–Crippen LogP) is 2.06. The zero-order chi connectivity index (χ0) is 14.7. The Labute approximate surface area is 125 Å². The van der Waals surface area contributed by atoms with Crippen molar-refractivity contribution in [3.05, 3.63) is 6.33 Å². The van der Waals surface area contributed by atoms with Gasteiger partial charge < -0.3 is 19.7 Å². The first kappa shape index (κ1) is 14.4. The van der Waals surface area contributed by atoms with Gasteiger partial charge in [-0.1, -0.05) is 6.92 Å². The number of aromatic nitrogens is 2. The van der Waals surface area contributed by atoms with E-state index in [2.05, 4.69) is 27.1 Å². The monoisotopic (exact) mass is 292 g/mol. The zero-order valence-corrected chi connectivity index (χ0v) is 12.8. The van der Waals surface area contributed by atoms with E-state index in [4.69, 9.17) is 9.47 Å². The lowest BCUT2D eigenvalue weighted by atomic mass is 10.1. The summed E-state index contributed by atoms with van der Waals surface area (Å²) in [6.07, 6.45) is 6.54. The molecular formula is C15H24N4O2. The maximum atomic E-state index is 5.88. The Balaban J connectivity index is 1.89. The Hall–Kier alpha value is -1.56. The average molecular weight is 292 g/mol. The van der Waals surface area contributed by atoms with E-state index in [1.165, 1.54) is 6.42 Å². The molecule has 1 N–H and O–H groups in total. The maximum absolute atomic E-state index is 5.88. The summed E-state index contributed by atoms with van der Waals surface area (Å²) < 4.78 is 11.5. The SMILES string of the molecule is CCCNc1ncnc(N2CCOC3CCCC32)c1OC. The summed E-state index contributed by atoms with van der Waals surface area (Å²) in [5.41, 5.74) is 0. The van der Waals surface area contributed by atoms with Gasteiger partial charge in [-0.2, -0.15) is 0 Å². The van der Waals surface area contributed by atoms with Crippen LogP contribution in [0.4, 0.5) is 11.6 Å². The molecule has 0 aromatic carbocycles. The molecule has 0 amide bonds. The minimum atomic E-state index is 0.338. The van der Waals surface area contributed by atoms with Crippen LogP contribution in [0.3, 0.4) is 0 Å². The van der Waals surface area contributed by atoms with Gasteiger partial charge in [-0.15, -0.1) is 0 Å². The molecule has 1 aromatic heterocycles. The van der Waals surface area contributed by atoms with E-state index in [1.54, 1.807) is 13.4 Å². The minimum absolute atomic E-state index is 0.338. The number of anilines is 2. The molecule has 1 aromatic rings. The summed E-state index contributed by atoms with van der Waals surface area (Å²) in [6.45, 7) is 4.63. The van der Waals surface area contributed by atoms with Crippen molar-refractivity contribution in [2.24, 2.45) is 0 Å². The van der Waals surface area contributed by atoms with Gasteiger partial charge >= 0.3 is 0 Å². The molecular weight excluding hydrogens is 268 g/mol. The van der Waals surface area contributed by atoms with Gasteiger partial charge in [0.05, 0.1) is 25.9 Å². The molecule has 0 bridgehead atoms. The fourth-order valence-electron chi connectivity index (χ4n) is 3.31. The topological polar surface area (TPSA) is 59.5 Å². The third-order valence-corrected chi connectivity index (χ3v) is 4.29. The molecule has 6 nitrogen and oxygen atoms in total. The average Bonchev–Trinajstić information content (AvgIpc) is 3.01. The molecule has 1 saturated heterocycles. The molecule has 2 aliphatic rings. The Bertz CT molecular complexity index is 483. The fourth-order valence-corrected chi connectivity index (χ4v) is 3.31. The Morgan fingerprint density at radius 2 is 2.33 bits per heavy atom. The third kappa shape index (κ3) is 2.77. The van der Waals surface area contributed by atoms with Crippen molar-refractivity contribution in [3.63, 3.8) is 0 Å². The summed E-state index contributed by atoms with van der Waals surface area (Å²) in [6, 6.07) is 0.418. The number of hydrogen-bond donors (Lipinski definition) is 1. The minimum Gasteiger partial charge on any atom is -0.490 e. The highest BCUT2D eigenvalue weighted by Crippen LogP contribution is 2.38. The smallest absolute Gasteiger partial charge is 0.204 e. The third-order valence-electron chi connectivity index (χ3n) is 4.29. The van der Waals surface area contributed by atoms with E-state index in [1.807, 2.05) is 0 Å². The predicted molar refractivity (Wildman–Crippen MR) is 82.1 cm³/mol. The Morgan fingerprint density at radius 3 is 3.14 bits per heavy atom. The van der Waals surface area contributed by atoms with Crippen molar-refractivity contribution in [2.75, 3.05) is 37.0 Å². The molecule has 0 spiro atoms. The van der Waals surface area contributed by atoms with Crippen LogP contribution in [0.25, 0.3) is 0 Å². The standard InChI is InChI=1S/C15H24N4O2/c1-3-7-16-14-13(20-2)15(18-10-17-14)19-8-9-21-12-6-4-5-11(12)19/h10-12H,3-9H2,1-2H3,(H,16,17,18). The number of fused-ring (bicyclic) bond motifs is 1. The molecule has 116 valence electrons. The van der Waals surface area contributed by atoms with Gasteiger partial charge in [0.2, 0.25) is 5.75 Å². The molecule has 2 atom stereocenters. The van der Waals surface area contributed by atoms with Crippen LogP contribution < -0.4 is 15.0 Å². The van der Waals surface area contributed by atoms with Crippen LogP contribution in [0.1, 0.15) is 32.6 Å². The van der Waals surface area contributed by atoms with Gasteiger partial charge in [-0.05, 0) is 25.7 Å². The Kier molecular flexibility index (Phi) is 4.43. The van der Waals surface area contributed by atoms with Crippen molar-refractivity contribution in [3.8, 4) is 5.75 Å². The lowest BCUT2D eigenvalue weighted by molar-refractivity contribution is 0.0251. The van der Waals surface area contributed by atoms with Crippen LogP contribution in [0.15, 0.2) is 6.33 Å². The van der Waals surface area contributed by atoms with Crippen LogP contribution in [-0.4, -0.2) is 48.9 Å². The lowest BCUT2D eigenvalue weighted by Crippen LogP contribution is -2.49. The number of methoxy groups -OCH3 is 1. The lowest BCUT2D eigenvalue weighted by Gasteiger charge is -2.39. The van der Waals surface area contributed by atoms with Gasteiger partial charge in [0, 0.05) is 13.1 Å². The highest BCUT2D eigenvalue weighted by molar-refractivity contribution is 5.65. The molecule has 1 aliphatic carbocycles. The number of morpholine rings is 1. The second-order valence-corrected chi connectivity index (χ2v) is 5.61. The van der Waals surface area contributed by atoms with Crippen LogP contribution in [0.2, 0.25) is 0 Å². The summed E-state index contributed by atoms with van der Waals surface area (Å²) >= 11 is 0. The van der Waals surface area contributed by atoms with Crippen molar-refractivity contribution in [1.29, 1.82) is 0 Å². The first-order valence-electron chi connectivity index (χ1n) is 7.86. The highest BCUT2D eigenvalue weighted by Gasteiger charge is 2.38. The number of ether oxygens (including phenoxy) is 2. The van der Waals surface area contributed by atoms with E-state index < -0.39 is 0 Å². The van der Waals surface area contributed by atoms with Crippen LogP contribution in [0.5, 0.6) is 5.75 Å². The molecule has 6 heteroatoms. The molecule has 2 unspecified atom stereocenters. The van der Waals surface area contributed by atoms with Gasteiger partial charge in [-0.25, -0.2) is 9.97 Å². The molecule has 1 aliphatic heterocycles. The summed E-state index contributed by atoms with van der Waals surface area (Å²) in [7, 11) is 1.69. The second-order valence-electron chi connectivity index (χ2n) is 5.61. The quantitative estimate of drug-likeness (QED) is 0.896. The van der Waals surface area contributed by atoms with Crippen molar-refractivity contribution in [2.45, 2.75) is 44.8 Å². The molecule has 1 saturated carbocycles. The van der Waals surface area contributed by atoms with Gasteiger partial charge in [0.15, 0.2) is 11.6 Å². The molecule has 2 fully saturated rings. The second kappa shape index (κ2) is 6.47. The van der Waals surface area contributed by atoms with Crippen molar-refractivity contribution < 1.29 is 9.47 Å². The summed E-state index contributed by atoms with van der Waals surface area (Å²) in [4.78, 5) is 11.2. The molecule has 0 radical (unpaired) electrons. The molecule has 2 heterocycles. The molecule has 3 rings (SSSR count). The normalized spacial score (nSPS) is 24.8. The van der Waals surface area contributed by atoms with Crippen molar-refractivity contribution >= 4 is 11.6 Å². The van der Waals surface area contributed by atoms with E-state index in [-0.39, 0.29) is 0 Å². The summed E-state index contributed by atoms with van der Waals surface area (Å²) in [5, 5.41) is 3.32. The first-order chi connectivity index (χ1) is 10.3.